The topological polar surface area (TPSA) is 91.3 Å². The Hall–Kier alpha value is -1.18. The standard InChI is InChI=1S/C10H16O7/c1-5(11)15-4-7-8(14-3)9(10(13)17-7)16-6(2)12/h7-10,13H,4H2,1-3H3/t7-,8+,9?,10?/m1/s1. The number of aliphatic hydroxyl groups excluding tert-OH is 1. The van der Waals surface area contributed by atoms with Gasteiger partial charge in [0.15, 0.2) is 12.4 Å². The van der Waals surface area contributed by atoms with Gasteiger partial charge in [-0.05, 0) is 0 Å². The van der Waals surface area contributed by atoms with Gasteiger partial charge in [0.25, 0.3) is 0 Å². The van der Waals surface area contributed by atoms with Crippen LogP contribution in [-0.2, 0) is 28.5 Å². The van der Waals surface area contributed by atoms with Gasteiger partial charge >= 0.3 is 11.9 Å². The lowest BCUT2D eigenvalue weighted by Gasteiger charge is -2.20. The highest BCUT2D eigenvalue weighted by Gasteiger charge is 2.47. The van der Waals surface area contributed by atoms with E-state index in [1.165, 1.54) is 21.0 Å². The second-order valence-electron chi connectivity index (χ2n) is 3.64. The first-order chi connectivity index (χ1) is 7.95. The van der Waals surface area contributed by atoms with Crippen molar-refractivity contribution >= 4 is 11.9 Å². The highest BCUT2D eigenvalue weighted by molar-refractivity contribution is 5.66. The van der Waals surface area contributed by atoms with Gasteiger partial charge in [0.1, 0.15) is 18.8 Å². The first kappa shape index (κ1) is 13.9. The molecule has 0 spiro atoms. The van der Waals surface area contributed by atoms with Crippen LogP contribution < -0.4 is 0 Å². The van der Waals surface area contributed by atoms with Gasteiger partial charge in [-0.1, -0.05) is 0 Å². The summed E-state index contributed by atoms with van der Waals surface area (Å²) in [5.74, 6) is -1.01. The number of ether oxygens (including phenoxy) is 4. The maximum absolute atomic E-state index is 10.8. The average molecular weight is 248 g/mol. The van der Waals surface area contributed by atoms with Crippen molar-refractivity contribution in [3.05, 3.63) is 0 Å². The first-order valence-electron chi connectivity index (χ1n) is 5.12. The van der Waals surface area contributed by atoms with Crippen LogP contribution in [0.2, 0.25) is 0 Å². The molecule has 0 amide bonds. The van der Waals surface area contributed by atoms with Gasteiger partial charge in [-0.15, -0.1) is 0 Å². The Balaban J connectivity index is 2.62. The Morgan fingerprint density at radius 2 is 1.88 bits per heavy atom. The van der Waals surface area contributed by atoms with E-state index in [9.17, 15) is 14.7 Å². The molecule has 0 radical (unpaired) electrons. The van der Waals surface area contributed by atoms with Crippen LogP contribution in [0.5, 0.6) is 0 Å². The molecule has 7 nitrogen and oxygen atoms in total. The molecule has 0 saturated carbocycles. The van der Waals surface area contributed by atoms with Crippen molar-refractivity contribution in [2.24, 2.45) is 0 Å². The molecular formula is C10H16O7. The minimum atomic E-state index is -1.29. The lowest BCUT2D eigenvalue weighted by Crippen LogP contribution is -2.39. The zero-order valence-corrected chi connectivity index (χ0v) is 9.91. The van der Waals surface area contributed by atoms with E-state index in [0.717, 1.165) is 0 Å². The molecule has 1 N–H and O–H groups in total. The van der Waals surface area contributed by atoms with Crippen molar-refractivity contribution in [1.82, 2.24) is 0 Å². The molecular weight excluding hydrogens is 232 g/mol. The molecule has 1 fully saturated rings. The van der Waals surface area contributed by atoms with Gasteiger partial charge in [0.2, 0.25) is 0 Å². The number of esters is 2. The fourth-order valence-corrected chi connectivity index (χ4v) is 1.64. The van der Waals surface area contributed by atoms with Gasteiger partial charge in [-0.2, -0.15) is 0 Å². The molecule has 0 aliphatic carbocycles. The van der Waals surface area contributed by atoms with Gasteiger partial charge in [-0.3, -0.25) is 9.59 Å². The number of hydrogen-bond acceptors (Lipinski definition) is 7. The van der Waals surface area contributed by atoms with Crippen LogP contribution in [0.4, 0.5) is 0 Å². The summed E-state index contributed by atoms with van der Waals surface area (Å²) in [4.78, 5) is 21.5. The second-order valence-corrected chi connectivity index (χ2v) is 3.64. The third kappa shape index (κ3) is 3.65. The fourth-order valence-electron chi connectivity index (χ4n) is 1.64. The van der Waals surface area contributed by atoms with Crippen LogP contribution in [0, 0.1) is 0 Å². The number of carbonyl (C=O) groups is 2. The van der Waals surface area contributed by atoms with Crippen LogP contribution in [-0.4, -0.2) is 55.4 Å². The average Bonchev–Trinajstić information content (AvgIpc) is 2.51. The highest BCUT2D eigenvalue weighted by atomic mass is 16.7. The summed E-state index contributed by atoms with van der Waals surface area (Å²) in [6, 6.07) is 0. The van der Waals surface area contributed by atoms with E-state index in [0.29, 0.717) is 0 Å². The predicted molar refractivity (Wildman–Crippen MR) is 53.9 cm³/mol. The number of methoxy groups -OCH3 is 1. The normalized spacial score (nSPS) is 32.2. The lowest BCUT2D eigenvalue weighted by atomic mass is 10.1. The van der Waals surface area contributed by atoms with E-state index in [1.54, 1.807) is 0 Å². The number of rotatable bonds is 4. The third-order valence-electron chi connectivity index (χ3n) is 2.31. The van der Waals surface area contributed by atoms with E-state index in [2.05, 4.69) is 0 Å². The molecule has 1 aliphatic heterocycles. The summed E-state index contributed by atoms with van der Waals surface area (Å²) in [7, 11) is 1.39. The second kappa shape index (κ2) is 5.95. The van der Waals surface area contributed by atoms with Crippen molar-refractivity contribution in [3.8, 4) is 0 Å². The minimum absolute atomic E-state index is 0.0668. The maximum atomic E-state index is 10.8. The van der Waals surface area contributed by atoms with E-state index >= 15 is 0 Å². The van der Waals surface area contributed by atoms with E-state index in [4.69, 9.17) is 18.9 Å². The lowest BCUT2D eigenvalue weighted by molar-refractivity contribution is -0.172. The summed E-state index contributed by atoms with van der Waals surface area (Å²) in [6.45, 7) is 2.41. The quantitative estimate of drug-likeness (QED) is 0.652. The molecule has 1 heterocycles. The SMILES string of the molecule is CO[C@@H]1C(OC(C)=O)C(O)O[C@@H]1COC(C)=O. The molecule has 0 aromatic rings. The van der Waals surface area contributed by atoms with Crippen LogP contribution in [0.15, 0.2) is 0 Å². The molecule has 17 heavy (non-hydrogen) atoms. The number of carbonyl (C=O) groups excluding carboxylic acids is 2. The number of aliphatic hydroxyl groups is 1. The zero-order valence-electron chi connectivity index (χ0n) is 9.91. The largest absolute Gasteiger partial charge is 0.463 e. The molecule has 98 valence electrons. The number of hydrogen-bond donors (Lipinski definition) is 1. The van der Waals surface area contributed by atoms with Crippen LogP contribution in [0.3, 0.4) is 0 Å². The molecule has 1 saturated heterocycles. The summed E-state index contributed by atoms with van der Waals surface area (Å²) >= 11 is 0. The Labute approximate surface area is 98.6 Å². The first-order valence-corrected chi connectivity index (χ1v) is 5.12. The molecule has 1 rings (SSSR count). The van der Waals surface area contributed by atoms with Crippen molar-refractivity contribution < 1.29 is 33.6 Å². The van der Waals surface area contributed by atoms with Crippen molar-refractivity contribution in [1.29, 1.82) is 0 Å². The fraction of sp³-hybridized carbons (Fsp3) is 0.800. The van der Waals surface area contributed by atoms with E-state index in [-0.39, 0.29) is 6.61 Å². The highest BCUT2D eigenvalue weighted by Crippen LogP contribution is 2.25. The molecule has 0 bridgehead atoms. The Morgan fingerprint density at radius 3 is 2.35 bits per heavy atom. The van der Waals surface area contributed by atoms with Crippen LogP contribution in [0.1, 0.15) is 13.8 Å². The van der Waals surface area contributed by atoms with Gasteiger partial charge in [-0.25, -0.2) is 0 Å². The zero-order chi connectivity index (χ0) is 13.0. The molecule has 0 aromatic heterocycles. The summed E-state index contributed by atoms with van der Waals surface area (Å²) in [5.41, 5.74) is 0. The minimum Gasteiger partial charge on any atom is -0.463 e. The Bertz CT molecular complexity index is 290. The maximum Gasteiger partial charge on any atom is 0.303 e. The van der Waals surface area contributed by atoms with E-state index < -0.39 is 36.5 Å². The summed E-state index contributed by atoms with van der Waals surface area (Å²) < 4.78 is 19.8. The third-order valence-corrected chi connectivity index (χ3v) is 2.31. The predicted octanol–water partition coefficient (Wildman–Crippen LogP) is -0.787. The van der Waals surface area contributed by atoms with Crippen LogP contribution in [0.25, 0.3) is 0 Å². The monoisotopic (exact) mass is 248 g/mol. The van der Waals surface area contributed by atoms with E-state index in [1.807, 2.05) is 0 Å². The molecule has 1 aliphatic rings. The molecule has 7 heteroatoms. The Morgan fingerprint density at radius 1 is 1.24 bits per heavy atom. The summed E-state index contributed by atoms with van der Waals surface area (Å²) in [5, 5.41) is 9.56. The molecule has 0 aromatic carbocycles. The van der Waals surface area contributed by atoms with Crippen molar-refractivity contribution in [2.75, 3.05) is 13.7 Å². The Kier molecular flexibility index (Phi) is 4.86. The van der Waals surface area contributed by atoms with Gasteiger partial charge < -0.3 is 24.1 Å². The van der Waals surface area contributed by atoms with Gasteiger partial charge in [0, 0.05) is 21.0 Å². The molecule has 2 unspecified atom stereocenters. The smallest absolute Gasteiger partial charge is 0.303 e. The van der Waals surface area contributed by atoms with Crippen molar-refractivity contribution in [2.45, 2.75) is 38.4 Å². The van der Waals surface area contributed by atoms with Gasteiger partial charge in [0.05, 0.1) is 0 Å². The van der Waals surface area contributed by atoms with Crippen LogP contribution >= 0.6 is 0 Å². The summed E-state index contributed by atoms with van der Waals surface area (Å²) in [6.07, 6.45) is -3.54. The van der Waals surface area contributed by atoms with Crippen molar-refractivity contribution in [3.63, 3.8) is 0 Å². The molecule has 4 atom stereocenters.